The number of carbonyl (C=O) groups is 11. The maximum atomic E-state index is 12.7. The minimum atomic E-state index is -1.51. The third-order valence-corrected chi connectivity index (χ3v) is 10.0. The van der Waals surface area contributed by atoms with Gasteiger partial charge in [0.05, 0.1) is 51.3 Å². The molecule has 8 N–H and O–H groups in total. The largest absolute Gasteiger partial charge is 0.480 e. The van der Waals surface area contributed by atoms with Gasteiger partial charge in [-0.2, -0.15) is 0 Å². The van der Waals surface area contributed by atoms with Crippen LogP contribution in [0.2, 0.25) is 0 Å². The van der Waals surface area contributed by atoms with Gasteiger partial charge in [-0.3, -0.25) is 52.7 Å². The molecule has 0 aromatic rings. The van der Waals surface area contributed by atoms with Gasteiger partial charge < -0.3 is 56.4 Å². The third-order valence-electron chi connectivity index (χ3n) is 10.0. The van der Waals surface area contributed by atoms with Crippen LogP contribution in [0.25, 0.3) is 0 Å². The number of Topliss-reactive ketones (excluding diaryl/α,β-unsaturated/α-hetero) is 1. The Morgan fingerprint density at radius 2 is 0.955 bits per heavy atom. The van der Waals surface area contributed by atoms with Gasteiger partial charge in [-0.05, 0) is 20.3 Å². The predicted molar refractivity (Wildman–Crippen MR) is 244 cm³/mol. The van der Waals surface area contributed by atoms with Crippen LogP contribution in [0.3, 0.4) is 0 Å². The van der Waals surface area contributed by atoms with Crippen molar-refractivity contribution in [2.45, 2.75) is 148 Å². The van der Waals surface area contributed by atoms with E-state index in [1.807, 2.05) is 0 Å². The second-order valence-electron chi connectivity index (χ2n) is 16.2. The first-order chi connectivity index (χ1) is 31.9. The molecule has 0 unspecified atom stereocenters. The summed E-state index contributed by atoms with van der Waals surface area (Å²) in [6.45, 7) is -1.26. The van der Waals surface area contributed by atoms with E-state index in [0.29, 0.717) is 16.2 Å². The van der Waals surface area contributed by atoms with E-state index >= 15 is 0 Å². The van der Waals surface area contributed by atoms with Gasteiger partial charge in [-0.25, -0.2) is 0 Å². The molecule has 0 aromatic carbocycles. The van der Waals surface area contributed by atoms with Crippen LogP contribution < -0.4 is 26.6 Å². The summed E-state index contributed by atoms with van der Waals surface area (Å²) in [6, 6.07) is -0.924. The zero-order valence-electron chi connectivity index (χ0n) is 39.5. The molecule has 0 spiro atoms. The minimum absolute atomic E-state index is 0.255. The van der Waals surface area contributed by atoms with Crippen LogP contribution in [-0.4, -0.2) is 161 Å². The van der Waals surface area contributed by atoms with Crippen LogP contribution in [0.5, 0.6) is 0 Å². The summed E-state index contributed by atoms with van der Waals surface area (Å²) in [5.41, 5.74) is 0. The van der Waals surface area contributed by atoms with Crippen molar-refractivity contribution in [3.8, 4) is 0 Å². The molecule has 0 aliphatic carbocycles. The summed E-state index contributed by atoms with van der Waals surface area (Å²) >= 11 is 0. The number of nitrogens with one attached hydrogen (secondary N) is 5. The molecular formula is C45H75N7O15. The number of unbranched alkanes of at least 4 members (excludes halogenated alkanes) is 14. The Balaban J connectivity index is 4.57. The highest BCUT2D eigenvalue weighted by Gasteiger charge is 2.24. The number of esters is 1. The smallest absolute Gasteiger partial charge is 0.323 e. The number of nitrogens with zero attached hydrogens (tertiary/aromatic N) is 2. The first kappa shape index (κ1) is 61.1. The van der Waals surface area contributed by atoms with Crippen molar-refractivity contribution >= 4 is 65.0 Å². The van der Waals surface area contributed by atoms with Crippen molar-refractivity contribution < 1.29 is 72.8 Å². The molecule has 2 atom stereocenters. The molecule has 0 bridgehead atoms. The minimum Gasteiger partial charge on any atom is -0.480 e. The van der Waals surface area contributed by atoms with E-state index in [0.717, 1.165) is 26.2 Å². The van der Waals surface area contributed by atoms with Crippen molar-refractivity contribution in [2.24, 2.45) is 0 Å². The van der Waals surface area contributed by atoms with Gasteiger partial charge in [-0.15, -0.1) is 0 Å². The number of amides is 7. The standard InChI is InChI=1S/C45H75N7O15/c1-4-6-7-8-9-10-11-12-13-14-15-16-17-18-19-21-37(56)50-34(35(54)20-5-2)32-67-45(66)23-22-36(55)46-24-38(57)49-27-42(61)52(31-44(64)65)29-40(59)47-25-39(58)48-26-41(60)51(28-33(3)53)30-43(62)63/h5,20,34-35,54H,4,6-19,21-32H2,1-3H3,(H,46,55)(H,47,59)(H,48,58)(H,49,57)(H,50,56)(H,62,63)(H,64,65)/b20-5+/t34-,35-/m1/s1. The number of carboxylic acids is 2. The summed E-state index contributed by atoms with van der Waals surface area (Å²) in [7, 11) is 0. The average molecular weight is 954 g/mol. The number of aliphatic hydroxyl groups is 1. The molecule has 0 fully saturated rings. The lowest BCUT2D eigenvalue weighted by molar-refractivity contribution is -0.147. The van der Waals surface area contributed by atoms with E-state index in [1.54, 1.807) is 13.0 Å². The number of carboxylic acid groups (broad SMARTS) is 2. The molecule has 22 nitrogen and oxygen atoms in total. The Kier molecular flexibility index (Phi) is 34.8. The zero-order chi connectivity index (χ0) is 50.4. The predicted octanol–water partition coefficient (Wildman–Crippen LogP) is 0.873. The molecular weight excluding hydrogens is 879 g/mol. The van der Waals surface area contributed by atoms with Gasteiger partial charge in [0.25, 0.3) is 0 Å². The molecule has 22 heteroatoms. The zero-order valence-corrected chi connectivity index (χ0v) is 39.5. The van der Waals surface area contributed by atoms with Gasteiger partial charge in [-0.1, -0.05) is 109 Å². The van der Waals surface area contributed by atoms with Gasteiger partial charge in [0.2, 0.25) is 41.4 Å². The highest BCUT2D eigenvalue weighted by atomic mass is 16.5. The number of ketones is 1. The van der Waals surface area contributed by atoms with E-state index < -0.39 is 136 Å². The molecule has 0 saturated carbocycles. The number of aliphatic carboxylic acids is 2. The van der Waals surface area contributed by atoms with Crippen molar-refractivity contribution in [3.63, 3.8) is 0 Å². The van der Waals surface area contributed by atoms with E-state index in [4.69, 9.17) is 9.84 Å². The summed E-state index contributed by atoms with van der Waals surface area (Å²) in [6.07, 6.45) is 19.4. The van der Waals surface area contributed by atoms with Crippen LogP contribution >= 0.6 is 0 Å². The topological polar surface area (TPSA) is 324 Å². The first-order valence-electron chi connectivity index (χ1n) is 23.2. The Bertz CT molecular complexity index is 1610. The number of hydrogen-bond acceptors (Lipinski definition) is 13. The maximum Gasteiger partial charge on any atom is 0.323 e. The van der Waals surface area contributed by atoms with Crippen LogP contribution in [-0.2, 0) is 57.5 Å². The summed E-state index contributed by atoms with van der Waals surface area (Å²) in [4.78, 5) is 134. The number of allylic oxidation sites excluding steroid dienone is 1. The van der Waals surface area contributed by atoms with Crippen molar-refractivity contribution in [3.05, 3.63) is 12.2 Å². The van der Waals surface area contributed by atoms with Crippen LogP contribution in [0, 0.1) is 0 Å². The second-order valence-corrected chi connectivity index (χ2v) is 16.2. The highest BCUT2D eigenvalue weighted by molar-refractivity contribution is 5.94. The third kappa shape index (κ3) is 35.0. The Labute approximate surface area is 393 Å². The van der Waals surface area contributed by atoms with Crippen molar-refractivity contribution in [2.75, 3.05) is 59.0 Å². The fourth-order valence-corrected chi connectivity index (χ4v) is 6.40. The van der Waals surface area contributed by atoms with Gasteiger partial charge in [0, 0.05) is 12.8 Å². The lowest BCUT2D eigenvalue weighted by Crippen LogP contribution is -2.49. The van der Waals surface area contributed by atoms with Gasteiger partial charge >= 0.3 is 17.9 Å². The number of carbonyl (C=O) groups excluding carboxylic acids is 9. The fourth-order valence-electron chi connectivity index (χ4n) is 6.40. The average Bonchev–Trinajstić information content (AvgIpc) is 3.26. The number of rotatable bonds is 40. The van der Waals surface area contributed by atoms with E-state index in [1.165, 1.54) is 76.7 Å². The van der Waals surface area contributed by atoms with Crippen LogP contribution in [0.4, 0.5) is 0 Å². The Morgan fingerprint density at radius 1 is 0.522 bits per heavy atom. The molecule has 0 aromatic heterocycles. The lowest BCUT2D eigenvalue weighted by Gasteiger charge is -2.22. The molecule has 67 heavy (non-hydrogen) atoms. The van der Waals surface area contributed by atoms with Crippen molar-refractivity contribution in [1.82, 2.24) is 36.4 Å². The normalized spacial score (nSPS) is 11.7. The number of hydrogen-bond donors (Lipinski definition) is 8. The highest BCUT2D eigenvalue weighted by Crippen LogP contribution is 2.14. The molecule has 380 valence electrons. The van der Waals surface area contributed by atoms with Gasteiger partial charge in [0.1, 0.15) is 32.0 Å². The maximum absolute atomic E-state index is 12.7. The number of aliphatic hydroxyl groups excluding tert-OH is 1. The molecule has 0 rings (SSSR count). The summed E-state index contributed by atoms with van der Waals surface area (Å²) in [5.74, 6) is -9.89. The molecule has 0 aliphatic rings. The molecule has 0 radical (unpaired) electrons. The van der Waals surface area contributed by atoms with Crippen molar-refractivity contribution in [1.29, 1.82) is 0 Å². The summed E-state index contributed by atoms with van der Waals surface area (Å²) in [5, 5.41) is 40.0. The molecule has 0 saturated heterocycles. The van der Waals surface area contributed by atoms with E-state index in [9.17, 15) is 63.0 Å². The molecule has 0 heterocycles. The van der Waals surface area contributed by atoms with E-state index in [-0.39, 0.29) is 18.9 Å². The fraction of sp³-hybridized carbons (Fsp3) is 0.711. The SMILES string of the molecule is C/C=C/[C@@H](O)[C@@H](COC(=O)CCC(=O)NCC(=O)NCC(=O)N(CC(=O)O)CC(=O)NCC(=O)NCC(=O)N(CC(C)=O)CC(=O)O)NC(=O)CCCCCCCCCCCCCCCCC. The second kappa shape index (κ2) is 38.2. The van der Waals surface area contributed by atoms with E-state index in [2.05, 4.69) is 33.5 Å². The van der Waals surface area contributed by atoms with Gasteiger partial charge in [0.15, 0.2) is 0 Å². The first-order valence-corrected chi connectivity index (χ1v) is 23.2. The Morgan fingerprint density at radius 3 is 1.40 bits per heavy atom. The summed E-state index contributed by atoms with van der Waals surface area (Å²) < 4.78 is 5.22. The van der Waals surface area contributed by atoms with Crippen LogP contribution in [0.1, 0.15) is 136 Å². The molecule has 0 aliphatic heterocycles. The Hall–Kier alpha value is -5.93. The van der Waals surface area contributed by atoms with Crippen LogP contribution in [0.15, 0.2) is 12.2 Å². The molecule has 7 amide bonds. The number of ether oxygens (including phenoxy) is 1. The quantitative estimate of drug-likeness (QED) is 0.0240. The monoisotopic (exact) mass is 954 g/mol. The lowest BCUT2D eigenvalue weighted by atomic mass is 10.0.